The van der Waals surface area contributed by atoms with Crippen molar-refractivity contribution in [2.75, 3.05) is 0 Å². The van der Waals surface area contributed by atoms with Crippen LogP contribution in [0.25, 0.3) is 0 Å². The Balaban J connectivity index is 2.65. The normalized spacial score (nSPS) is 9.86. The molecule has 1 aromatic rings. The number of carbonyl (C=O) groups is 1. The molecule has 0 N–H and O–H groups in total. The highest BCUT2D eigenvalue weighted by atomic mass is 19.1. The van der Waals surface area contributed by atoms with Gasteiger partial charge in [0, 0.05) is 12.8 Å². The molecule has 74 valence electrons. The molecule has 1 aromatic carbocycles. The van der Waals surface area contributed by atoms with Crippen LogP contribution in [0, 0.1) is 5.82 Å². The van der Waals surface area contributed by atoms with Crippen LogP contribution in [0.15, 0.2) is 36.4 Å². The second kappa shape index (κ2) is 4.70. The Kier molecular flexibility index (Phi) is 3.57. The summed E-state index contributed by atoms with van der Waals surface area (Å²) in [6.45, 7) is 5.44. The van der Waals surface area contributed by atoms with E-state index in [0.717, 1.165) is 5.57 Å². The third-order valence-corrected chi connectivity index (χ3v) is 1.84. The van der Waals surface area contributed by atoms with Crippen molar-refractivity contribution in [1.29, 1.82) is 0 Å². The summed E-state index contributed by atoms with van der Waals surface area (Å²) in [6, 6.07) is 6.34. The maximum absolute atomic E-state index is 13.1. The van der Waals surface area contributed by atoms with Gasteiger partial charge in [0.25, 0.3) is 0 Å². The van der Waals surface area contributed by atoms with Crippen LogP contribution in [0.1, 0.15) is 18.9 Å². The molecule has 0 saturated heterocycles. The van der Waals surface area contributed by atoms with E-state index in [1.807, 2.05) is 0 Å². The van der Waals surface area contributed by atoms with Gasteiger partial charge in [0.1, 0.15) is 11.6 Å². The number of benzene rings is 1. The SMILES string of the molecule is C=C(C)CC(=O)Cc1ccccc1F. The summed E-state index contributed by atoms with van der Waals surface area (Å²) in [4.78, 5) is 11.3. The summed E-state index contributed by atoms with van der Waals surface area (Å²) in [6.07, 6.45) is 0.480. The molecule has 0 saturated carbocycles. The van der Waals surface area contributed by atoms with Gasteiger partial charge in [-0.3, -0.25) is 4.79 Å². The number of rotatable bonds is 4. The summed E-state index contributed by atoms with van der Waals surface area (Å²) >= 11 is 0. The summed E-state index contributed by atoms with van der Waals surface area (Å²) in [5.41, 5.74) is 1.27. The highest BCUT2D eigenvalue weighted by molar-refractivity contribution is 5.82. The standard InChI is InChI=1S/C12H13FO/c1-9(2)7-11(14)8-10-5-3-4-6-12(10)13/h3-6H,1,7-8H2,2H3. The lowest BCUT2D eigenvalue weighted by molar-refractivity contribution is -0.117. The third kappa shape index (κ3) is 3.13. The number of hydrogen-bond acceptors (Lipinski definition) is 1. The first-order chi connectivity index (χ1) is 6.59. The minimum absolute atomic E-state index is 0.00241. The minimum atomic E-state index is -0.317. The fraction of sp³-hybridized carbons (Fsp3) is 0.250. The van der Waals surface area contributed by atoms with E-state index >= 15 is 0 Å². The van der Waals surface area contributed by atoms with Crippen molar-refractivity contribution in [1.82, 2.24) is 0 Å². The van der Waals surface area contributed by atoms with Gasteiger partial charge in [-0.2, -0.15) is 0 Å². The first-order valence-corrected chi connectivity index (χ1v) is 4.49. The van der Waals surface area contributed by atoms with Gasteiger partial charge in [0.2, 0.25) is 0 Å². The molecule has 0 radical (unpaired) electrons. The quantitative estimate of drug-likeness (QED) is 0.670. The largest absolute Gasteiger partial charge is 0.299 e. The van der Waals surface area contributed by atoms with Crippen molar-refractivity contribution < 1.29 is 9.18 Å². The van der Waals surface area contributed by atoms with Crippen LogP contribution < -0.4 is 0 Å². The topological polar surface area (TPSA) is 17.1 Å². The predicted octanol–water partition coefficient (Wildman–Crippen LogP) is 2.90. The zero-order chi connectivity index (χ0) is 10.6. The van der Waals surface area contributed by atoms with Crippen LogP contribution in [0.4, 0.5) is 4.39 Å². The molecule has 0 bridgehead atoms. The van der Waals surface area contributed by atoms with Crippen LogP contribution in [-0.2, 0) is 11.2 Å². The van der Waals surface area contributed by atoms with E-state index in [2.05, 4.69) is 6.58 Å². The van der Waals surface area contributed by atoms with Crippen LogP contribution >= 0.6 is 0 Å². The second-order valence-corrected chi connectivity index (χ2v) is 3.44. The van der Waals surface area contributed by atoms with E-state index in [-0.39, 0.29) is 18.0 Å². The van der Waals surface area contributed by atoms with Gasteiger partial charge in [-0.25, -0.2) is 4.39 Å². The highest BCUT2D eigenvalue weighted by Gasteiger charge is 2.07. The van der Waals surface area contributed by atoms with Crippen molar-refractivity contribution in [3.63, 3.8) is 0 Å². The third-order valence-electron chi connectivity index (χ3n) is 1.84. The maximum atomic E-state index is 13.1. The summed E-state index contributed by atoms with van der Waals surface area (Å²) < 4.78 is 13.1. The lowest BCUT2D eigenvalue weighted by Gasteiger charge is -2.01. The van der Waals surface area contributed by atoms with E-state index in [1.54, 1.807) is 25.1 Å². The van der Waals surface area contributed by atoms with E-state index < -0.39 is 0 Å². The van der Waals surface area contributed by atoms with Gasteiger partial charge < -0.3 is 0 Å². The molecule has 0 amide bonds. The van der Waals surface area contributed by atoms with E-state index in [0.29, 0.717) is 12.0 Å². The van der Waals surface area contributed by atoms with Gasteiger partial charge in [-0.1, -0.05) is 30.4 Å². The number of hydrogen-bond donors (Lipinski definition) is 0. The van der Waals surface area contributed by atoms with Crippen molar-refractivity contribution in [2.24, 2.45) is 0 Å². The molecule has 0 aliphatic rings. The van der Waals surface area contributed by atoms with E-state index in [4.69, 9.17) is 0 Å². The molecule has 1 nitrogen and oxygen atoms in total. The van der Waals surface area contributed by atoms with Crippen LogP contribution in [-0.4, -0.2) is 5.78 Å². The molecule has 0 spiro atoms. The molecule has 0 fully saturated rings. The molecular formula is C12H13FO. The van der Waals surface area contributed by atoms with Gasteiger partial charge in [-0.05, 0) is 18.6 Å². The fourth-order valence-corrected chi connectivity index (χ4v) is 1.25. The molecule has 0 unspecified atom stereocenters. The minimum Gasteiger partial charge on any atom is -0.299 e. The van der Waals surface area contributed by atoms with Gasteiger partial charge in [-0.15, -0.1) is 0 Å². The van der Waals surface area contributed by atoms with Gasteiger partial charge >= 0.3 is 0 Å². The van der Waals surface area contributed by atoms with Crippen molar-refractivity contribution in [2.45, 2.75) is 19.8 Å². The molecule has 0 aromatic heterocycles. The van der Waals surface area contributed by atoms with E-state index in [1.165, 1.54) is 6.07 Å². The lowest BCUT2D eigenvalue weighted by atomic mass is 10.0. The van der Waals surface area contributed by atoms with Crippen LogP contribution in [0.5, 0.6) is 0 Å². The molecule has 2 heteroatoms. The zero-order valence-corrected chi connectivity index (χ0v) is 8.22. The first-order valence-electron chi connectivity index (χ1n) is 4.49. The van der Waals surface area contributed by atoms with Crippen molar-refractivity contribution in [3.05, 3.63) is 47.8 Å². The number of Topliss-reactive ketones (excluding diaryl/α,β-unsaturated/α-hetero) is 1. The zero-order valence-electron chi connectivity index (χ0n) is 8.22. The number of halogens is 1. The average molecular weight is 192 g/mol. The Morgan fingerprint density at radius 1 is 1.43 bits per heavy atom. The van der Waals surface area contributed by atoms with Crippen LogP contribution in [0.2, 0.25) is 0 Å². The Bertz CT molecular complexity index is 355. The van der Waals surface area contributed by atoms with Crippen molar-refractivity contribution >= 4 is 5.78 Å². The van der Waals surface area contributed by atoms with Gasteiger partial charge in [0.15, 0.2) is 0 Å². The molecule has 1 rings (SSSR count). The van der Waals surface area contributed by atoms with Crippen LogP contribution in [0.3, 0.4) is 0 Å². The highest BCUT2D eigenvalue weighted by Crippen LogP contribution is 2.09. The Morgan fingerprint density at radius 3 is 2.64 bits per heavy atom. The summed E-state index contributed by atoms with van der Waals surface area (Å²) in [7, 11) is 0. The average Bonchev–Trinajstić information content (AvgIpc) is 2.07. The number of allylic oxidation sites excluding steroid dienone is 1. The monoisotopic (exact) mass is 192 g/mol. The number of ketones is 1. The fourth-order valence-electron chi connectivity index (χ4n) is 1.25. The molecule has 0 aliphatic carbocycles. The number of carbonyl (C=O) groups excluding carboxylic acids is 1. The lowest BCUT2D eigenvalue weighted by Crippen LogP contribution is -2.04. The summed E-state index contributed by atoms with van der Waals surface area (Å²) in [5.74, 6) is -0.315. The first kappa shape index (κ1) is 10.6. The molecule has 14 heavy (non-hydrogen) atoms. The second-order valence-electron chi connectivity index (χ2n) is 3.44. The molecule has 0 atom stereocenters. The Labute approximate surface area is 83.3 Å². The summed E-state index contributed by atoms with van der Waals surface area (Å²) in [5, 5.41) is 0. The smallest absolute Gasteiger partial charge is 0.141 e. The molecule has 0 heterocycles. The Morgan fingerprint density at radius 2 is 2.07 bits per heavy atom. The molecule has 0 aliphatic heterocycles. The van der Waals surface area contributed by atoms with E-state index in [9.17, 15) is 9.18 Å². The van der Waals surface area contributed by atoms with Crippen molar-refractivity contribution in [3.8, 4) is 0 Å². The molecular weight excluding hydrogens is 179 g/mol. The van der Waals surface area contributed by atoms with Gasteiger partial charge in [0.05, 0.1) is 0 Å². The Hall–Kier alpha value is -1.44. The predicted molar refractivity (Wildman–Crippen MR) is 54.5 cm³/mol. The maximum Gasteiger partial charge on any atom is 0.141 e.